The van der Waals surface area contributed by atoms with Crippen LogP contribution in [0.1, 0.15) is 42.0 Å². The van der Waals surface area contributed by atoms with Crippen molar-refractivity contribution in [2.45, 2.75) is 46.1 Å². The van der Waals surface area contributed by atoms with Crippen LogP contribution in [0, 0.1) is 20.8 Å². The summed E-state index contributed by atoms with van der Waals surface area (Å²) in [4.78, 5) is 26.4. The Labute approximate surface area is 165 Å². The summed E-state index contributed by atoms with van der Waals surface area (Å²) in [5.74, 6) is 0.144. The van der Waals surface area contributed by atoms with Crippen molar-refractivity contribution in [3.05, 3.63) is 58.7 Å². The lowest BCUT2D eigenvalue weighted by Gasteiger charge is -2.22. The van der Waals surface area contributed by atoms with Crippen LogP contribution < -0.4 is 9.64 Å². The monoisotopic (exact) mass is 381 g/mol. The van der Waals surface area contributed by atoms with Gasteiger partial charge in [0.1, 0.15) is 11.5 Å². The molecule has 0 aliphatic carbocycles. The average molecular weight is 381 g/mol. The molecule has 0 aromatic heterocycles. The van der Waals surface area contributed by atoms with Gasteiger partial charge in [-0.25, -0.2) is 0 Å². The van der Waals surface area contributed by atoms with E-state index in [0.717, 1.165) is 22.6 Å². The highest BCUT2D eigenvalue weighted by Gasteiger charge is 2.50. The number of aliphatic hydroxyl groups is 1. The van der Waals surface area contributed by atoms with Crippen molar-refractivity contribution >= 4 is 17.4 Å². The van der Waals surface area contributed by atoms with Crippen LogP contribution in [0.5, 0.6) is 5.75 Å². The number of amides is 1. The van der Waals surface area contributed by atoms with Crippen LogP contribution in [0.15, 0.2) is 36.4 Å². The fraction of sp³-hybridized carbons (Fsp3) is 0.391. The van der Waals surface area contributed by atoms with Crippen molar-refractivity contribution in [2.24, 2.45) is 0 Å². The smallest absolute Gasteiger partial charge is 0.264 e. The third kappa shape index (κ3) is 3.80. The summed E-state index contributed by atoms with van der Waals surface area (Å²) < 4.78 is 5.76. The lowest BCUT2D eigenvalue weighted by Crippen LogP contribution is -2.42. The number of carbonyl (C=O) groups excluding carboxylic acids is 2. The first kappa shape index (κ1) is 20.1. The van der Waals surface area contributed by atoms with Crippen molar-refractivity contribution in [2.75, 3.05) is 18.1 Å². The van der Waals surface area contributed by atoms with Gasteiger partial charge in [-0.05, 0) is 51.8 Å². The van der Waals surface area contributed by atoms with Gasteiger partial charge in [0.25, 0.3) is 5.91 Å². The molecule has 2 aromatic rings. The maximum Gasteiger partial charge on any atom is 0.264 e. The van der Waals surface area contributed by atoms with Gasteiger partial charge in [-0.2, -0.15) is 0 Å². The van der Waals surface area contributed by atoms with Crippen molar-refractivity contribution < 1.29 is 19.4 Å². The van der Waals surface area contributed by atoms with Crippen LogP contribution in [-0.4, -0.2) is 29.9 Å². The zero-order chi connectivity index (χ0) is 20.5. The van der Waals surface area contributed by atoms with E-state index in [1.165, 1.54) is 12.5 Å². The zero-order valence-electron chi connectivity index (χ0n) is 16.9. The number of hydrogen-bond donors (Lipinski definition) is 1. The van der Waals surface area contributed by atoms with E-state index >= 15 is 0 Å². The fourth-order valence-corrected chi connectivity index (χ4v) is 3.87. The first-order valence-electron chi connectivity index (χ1n) is 9.57. The summed E-state index contributed by atoms with van der Waals surface area (Å²) in [5.41, 5.74) is 2.51. The Bertz CT molecular complexity index is 904. The van der Waals surface area contributed by atoms with E-state index in [1.54, 1.807) is 4.90 Å². The van der Waals surface area contributed by atoms with E-state index in [9.17, 15) is 14.7 Å². The number of hydrogen-bond acceptors (Lipinski definition) is 4. The number of carbonyl (C=O) groups is 2. The number of nitrogens with zero attached hydrogens (tertiary/aromatic N) is 1. The summed E-state index contributed by atoms with van der Waals surface area (Å²) in [6.07, 6.45) is 0.403. The number of benzene rings is 2. The number of fused-ring (bicyclic) bond motifs is 1. The molecule has 3 rings (SSSR count). The number of Topliss-reactive ketones (excluding diaryl/α,β-unsaturated/α-hetero) is 1. The molecule has 5 nitrogen and oxygen atoms in total. The third-order valence-corrected chi connectivity index (χ3v) is 5.08. The van der Waals surface area contributed by atoms with Gasteiger partial charge in [-0.15, -0.1) is 0 Å². The van der Waals surface area contributed by atoms with Gasteiger partial charge in [0.2, 0.25) is 0 Å². The second kappa shape index (κ2) is 7.76. The van der Waals surface area contributed by atoms with Gasteiger partial charge in [0.15, 0.2) is 5.60 Å². The first-order valence-corrected chi connectivity index (χ1v) is 9.57. The highest BCUT2D eigenvalue weighted by Crippen LogP contribution is 2.45. The SMILES string of the molecule is CC(=O)C[C@]1(O)C(=O)N(CCCOc2ccc(C)cc2)c2c(C)cc(C)cc21. The Morgan fingerprint density at radius 2 is 1.79 bits per heavy atom. The van der Waals surface area contributed by atoms with Gasteiger partial charge in [0.05, 0.1) is 12.3 Å². The van der Waals surface area contributed by atoms with E-state index in [1.807, 2.05) is 57.2 Å². The second-order valence-corrected chi connectivity index (χ2v) is 7.69. The number of ketones is 1. The molecule has 0 saturated carbocycles. The topological polar surface area (TPSA) is 66.8 Å². The van der Waals surface area contributed by atoms with Crippen LogP contribution in [0.4, 0.5) is 5.69 Å². The summed E-state index contributed by atoms with van der Waals surface area (Å²) in [5, 5.41) is 11.1. The van der Waals surface area contributed by atoms with E-state index in [2.05, 4.69) is 0 Å². The van der Waals surface area contributed by atoms with Crippen molar-refractivity contribution in [3.63, 3.8) is 0 Å². The molecule has 148 valence electrons. The average Bonchev–Trinajstić information content (AvgIpc) is 2.81. The quantitative estimate of drug-likeness (QED) is 0.744. The molecule has 0 fully saturated rings. The molecule has 0 unspecified atom stereocenters. The fourth-order valence-electron chi connectivity index (χ4n) is 3.87. The van der Waals surface area contributed by atoms with E-state index in [0.29, 0.717) is 25.1 Å². The largest absolute Gasteiger partial charge is 0.494 e. The van der Waals surface area contributed by atoms with Gasteiger partial charge < -0.3 is 14.7 Å². The number of aryl methyl sites for hydroxylation is 3. The Kier molecular flexibility index (Phi) is 5.57. The van der Waals surface area contributed by atoms with Crippen LogP contribution in [0.2, 0.25) is 0 Å². The molecule has 1 atom stereocenters. The highest BCUT2D eigenvalue weighted by molar-refractivity contribution is 6.09. The van der Waals surface area contributed by atoms with E-state index in [-0.39, 0.29) is 12.2 Å². The molecule has 0 bridgehead atoms. The standard InChI is InChI=1S/C23H27NO4/c1-15-6-8-19(9-7-15)28-11-5-10-24-21-17(3)12-16(2)13-20(21)23(27,22(24)26)14-18(4)25/h6-9,12-13,27H,5,10-11,14H2,1-4H3/t23-/m1/s1. The predicted octanol–water partition coefficient (Wildman–Crippen LogP) is 3.59. The van der Waals surface area contributed by atoms with Crippen molar-refractivity contribution in [3.8, 4) is 5.75 Å². The molecule has 1 aliphatic heterocycles. The molecule has 28 heavy (non-hydrogen) atoms. The number of ether oxygens (including phenoxy) is 1. The van der Waals surface area contributed by atoms with Crippen LogP contribution >= 0.6 is 0 Å². The second-order valence-electron chi connectivity index (χ2n) is 7.69. The lowest BCUT2D eigenvalue weighted by molar-refractivity contribution is -0.141. The van der Waals surface area contributed by atoms with Crippen LogP contribution in [-0.2, 0) is 15.2 Å². The summed E-state index contributed by atoms with van der Waals surface area (Å²) >= 11 is 0. The van der Waals surface area contributed by atoms with Crippen LogP contribution in [0.3, 0.4) is 0 Å². The predicted molar refractivity (Wildman–Crippen MR) is 109 cm³/mol. The minimum Gasteiger partial charge on any atom is -0.494 e. The van der Waals surface area contributed by atoms with Crippen LogP contribution in [0.25, 0.3) is 0 Å². The highest BCUT2D eigenvalue weighted by atomic mass is 16.5. The Balaban J connectivity index is 1.77. The Morgan fingerprint density at radius 3 is 2.43 bits per heavy atom. The zero-order valence-corrected chi connectivity index (χ0v) is 16.9. The normalized spacial score (nSPS) is 18.3. The van der Waals surface area contributed by atoms with Gasteiger partial charge in [0, 0.05) is 18.5 Å². The van der Waals surface area contributed by atoms with Gasteiger partial charge in [-0.3, -0.25) is 9.59 Å². The molecule has 0 radical (unpaired) electrons. The van der Waals surface area contributed by atoms with Gasteiger partial charge >= 0.3 is 0 Å². The maximum atomic E-state index is 13.1. The van der Waals surface area contributed by atoms with Crippen molar-refractivity contribution in [1.82, 2.24) is 0 Å². The molecule has 1 aliphatic rings. The summed E-state index contributed by atoms with van der Waals surface area (Å²) in [6, 6.07) is 11.6. The first-order chi connectivity index (χ1) is 13.2. The van der Waals surface area contributed by atoms with Gasteiger partial charge in [-0.1, -0.05) is 35.4 Å². The molecule has 1 amide bonds. The number of rotatable bonds is 7. The Hall–Kier alpha value is -2.66. The van der Waals surface area contributed by atoms with Crippen molar-refractivity contribution in [1.29, 1.82) is 0 Å². The molecular weight excluding hydrogens is 354 g/mol. The maximum absolute atomic E-state index is 13.1. The number of anilines is 1. The third-order valence-electron chi connectivity index (χ3n) is 5.08. The molecular formula is C23H27NO4. The lowest BCUT2D eigenvalue weighted by atomic mass is 9.88. The summed E-state index contributed by atoms with van der Waals surface area (Å²) in [6.45, 7) is 8.14. The minimum absolute atomic E-state index is 0.210. The van der Waals surface area contributed by atoms with E-state index in [4.69, 9.17) is 4.74 Å². The molecule has 0 saturated heterocycles. The Morgan fingerprint density at radius 1 is 1.11 bits per heavy atom. The van der Waals surface area contributed by atoms with E-state index < -0.39 is 11.5 Å². The molecule has 0 spiro atoms. The molecule has 1 N–H and O–H groups in total. The molecule has 1 heterocycles. The minimum atomic E-state index is -1.78. The summed E-state index contributed by atoms with van der Waals surface area (Å²) in [7, 11) is 0. The molecule has 5 heteroatoms. The molecule has 2 aromatic carbocycles.